The van der Waals surface area contributed by atoms with Crippen LogP contribution in [0.5, 0.6) is 0 Å². The Kier molecular flexibility index (Phi) is 4.45. The van der Waals surface area contributed by atoms with Crippen molar-refractivity contribution in [2.45, 2.75) is 32.2 Å². The molecule has 0 aromatic carbocycles. The van der Waals surface area contributed by atoms with E-state index in [1.165, 1.54) is 11.3 Å². The molecule has 0 radical (unpaired) electrons. The van der Waals surface area contributed by atoms with Gasteiger partial charge in [-0.3, -0.25) is 5.32 Å². The average molecular weight is 257 g/mol. The molecule has 0 spiro atoms. The molecule has 0 atom stereocenters. The van der Waals surface area contributed by atoms with Gasteiger partial charge in [-0.15, -0.1) is 11.3 Å². The first kappa shape index (κ1) is 13.4. The Bertz CT molecular complexity index is 388. The number of thiazole rings is 1. The van der Waals surface area contributed by atoms with Crippen LogP contribution in [-0.4, -0.2) is 27.6 Å². The molecule has 1 aromatic heterocycles. The number of nitrogens with one attached hydrogen (secondary N) is 2. The van der Waals surface area contributed by atoms with Crippen LogP contribution in [0, 0.1) is 0 Å². The molecule has 0 bridgehead atoms. The first-order chi connectivity index (χ1) is 8.04. The lowest BCUT2D eigenvalue weighted by Gasteiger charge is -2.27. The molecule has 1 aromatic rings. The molecule has 6 nitrogen and oxygen atoms in total. The van der Waals surface area contributed by atoms with Crippen molar-refractivity contribution in [2.24, 2.45) is 0 Å². The molecule has 2 amide bonds. The summed E-state index contributed by atoms with van der Waals surface area (Å²) in [6.07, 6.45) is 2.21. The summed E-state index contributed by atoms with van der Waals surface area (Å²) in [5.74, 6) is -1.03. The lowest BCUT2D eigenvalue weighted by atomic mass is 9.93. The lowest BCUT2D eigenvalue weighted by Crippen LogP contribution is -2.54. The zero-order chi connectivity index (χ0) is 12.9. The second kappa shape index (κ2) is 5.62. The molecule has 3 N–H and O–H groups in total. The van der Waals surface area contributed by atoms with Crippen LogP contribution in [0.3, 0.4) is 0 Å². The molecule has 94 valence electrons. The van der Waals surface area contributed by atoms with Gasteiger partial charge in [0.15, 0.2) is 5.13 Å². The Balaban J connectivity index is 2.68. The van der Waals surface area contributed by atoms with Crippen molar-refractivity contribution < 1.29 is 14.7 Å². The summed E-state index contributed by atoms with van der Waals surface area (Å²) in [5.41, 5.74) is -1.22. The van der Waals surface area contributed by atoms with E-state index in [2.05, 4.69) is 15.6 Å². The number of aliphatic carboxylic acids is 1. The van der Waals surface area contributed by atoms with Gasteiger partial charge in [0.05, 0.1) is 0 Å². The monoisotopic (exact) mass is 257 g/mol. The Morgan fingerprint density at radius 1 is 1.47 bits per heavy atom. The Morgan fingerprint density at radius 3 is 2.53 bits per heavy atom. The summed E-state index contributed by atoms with van der Waals surface area (Å²) >= 11 is 1.27. The third kappa shape index (κ3) is 3.16. The summed E-state index contributed by atoms with van der Waals surface area (Å²) in [6.45, 7) is 3.45. The summed E-state index contributed by atoms with van der Waals surface area (Å²) < 4.78 is 0. The van der Waals surface area contributed by atoms with Crippen LogP contribution in [0.1, 0.15) is 26.7 Å². The fourth-order valence-corrected chi connectivity index (χ4v) is 1.94. The molecule has 0 saturated carbocycles. The van der Waals surface area contributed by atoms with Gasteiger partial charge in [-0.1, -0.05) is 13.8 Å². The van der Waals surface area contributed by atoms with Gasteiger partial charge < -0.3 is 10.4 Å². The van der Waals surface area contributed by atoms with Gasteiger partial charge in [0.1, 0.15) is 5.54 Å². The van der Waals surface area contributed by atoms with E-state index in [-0.39, 0.29) is 0 Å². The second-order valence-electron chi connectivity index (χ2n) is 3.51. The van der Waals surface area contributed by atoms with Crippen molar-refractivity contribution in [3.8, 4) is 0 Å². The van der Waals surface area contributed by atoms with Crippen molar-refractivity contribution in [3.05, 3.63) is 11.6 Å². The number of carboxylic acid groups (broad SMARTS) is 1. The van der Waals surface area contributed by atoms with Gasteiger partial charge in [0, 0.05) is 11.6 Å². The zero-order valence-corrected chi connectivity index (χ0v) is 10.5. The fourth-order valence-electron chi connectivity index (χ4n) is 1.41. The fraction of sp³-hybridized carbons (Fsp3) is 0.500. The molecule has 0 saturated heterocycles. The number of aromatic nitrogens is 1. The van der Waals surface area contributed by atoms with Crippen LogP contribution in [0.2, 0.25) is 0 Å². The van der Waals surface area contributed by atoms with E-state index in [4.69, 9.17) is 5.11 Å². The largest absolute Gasteiger partial charge is 0.480 e. The van der Waals surface area contributed by atoms with Crippen molar-refractivity contribution >= 4 is 28.5 Å². The molecule has 7 heteroatoms. The third-order valence-corrected chi connectivity index (χ3v) is 3.31. The minimum absolute atomic E-state index is 0.324. The van der Waals surface area contributed by atoms with E-state index in [0.717, 1.165) is 0 Å². The molecule has 0 aliphatic carbocycles. The first-order valence-corrected chi connectivity index (χ1v) is 6.14. The number of urea groups is 1. The molecule has 0 aliphatic rings. The van der Waals surface area contributed by atoms with Crippen molar-refractivity contribution in [2.75, 3.05) is 5.32 Å². The van der Waals surface area contributed by atoms with Gasteiger partial charge in [-0.25, -0.2) is 14.6 Å². The minimum atomic E-state index is -1.22. The van der Waals surface area contributed by atoms with E-state index in [1.807, 2.05) is 0 Å². The van der Waals surface area contributed by atoms with E-state index in [1.54, 1.807) is 25.4 Å². The minimum Gasteiger partial charge on any atom is -0.480 e. The van der Waals surface area contributed by atoms with Crippen LogP contribution in [0.15, 0.2) is 11.6 Å². The Labute approximate surface area is 103 Å². The maximum atomic E-state index is 11.6. The topological polar surface area (TPSA) is 91.3 Å². The number of carbonyl (C=O) groups excluding carboxylic acids is 1. The van der Waals surface area contributed by atoms with Crippen LogP contribution in [0.25, 0.3) is 0 Å². The highest BCUT2D eigenvalue weighted by Gasteiger charge is 2.36. The molecule has 1 rings (SSSR count). The Morgan fingerprint density at radius 2 is 2.12 bits per heavy atom. The molecule has 1 heterocycles. The third-order valence-electron chi connectivity index (χ3n) is 2.62. The van der Waals surface area contributed by atoms with Crippen LogP contribution in [0.4, 0.5) is 9.93 Å². The van der Waals surface area contributed by atoms with Gasteiger partial charge in [0.2, 0.25) is 0 Å². The van der Waals surface area contributed by atoms with Gasteiger partial charge in [-0.2, -0.15) is 0 Å². The highest BCUT2D eigenvalue weighted by atomic mass is 32.1. The maximum Gasteiger partial charge on any atom is 0.329 e. The number of hydrogen-bond acceptors (Lipinski definition) is 4. The number of nitrogens with zero attached hydrogens (tertiary/aromatic N) is 1. The van der Waals surface area contributed by atoms with Crippen LogP contribution >= 0.6 is 11.3 Å². The number of carbonyl (C=O) groups is 2. The molecular formula is C10H15N3O3S. The van der Waals surface area contributed by atoms with E-state index in [9.17, 15) is 9.59 Å². The van der Waals surface area contributed by atoms with Gasteiger partial charge >= 0.3 is 12.0 Å². The van der Waals surface area contributed by atoms with Crippen LogP contribution < -0.4 is 10.6 Å². The zero-order valence-electron chi connectivity index (χ0n) is 9.69. The SMILES string of the molecule is CCC(CC)(NC(=O)Nc1nccs1)C(=O)O. The molecule has 0 aliphatic heterocycles. The predicted octanol–water partition coefficient (Wildman–Crippen LogP) is 1.91. The number of anilines is 1. The molecule has 0 fully saturated rings. The molecule has 0 unspecified atom stereocenters. The van der Waals surface area contributed by atoms with Crippen molar-refractivity contribution in [1.82, 2.24) is 10.3 Å². The van der Waals surface area contributed by atoms with E-state index in [0.29, 0.717) is 18.0 Å². The van der Waals surface area contributed by atoms with Gasteiger partial charge in [-0.05, 0) is 12.8 Å². The van der Waals surface area contributed by atoms with E-state index >= 15 is 0 Å². The smallest absolute Gasteiger partial charge is 0.329 e. The highest BCUT2D eigenvalue weighted by Crippen LogP contribution is 2.16. The predicted molar refractivity (Wildman–Crippen MR) is 65.2 cm³/mol. The number of rotatable bonds is 5. The maximum absolute atomic E-state index is 11.6. The number of carboxylic acids is 1. The van der Waals surface area contributed by atoms with Crippen molar-refractivity contribution in [3.63, 3.8) is 0 Å². The normalized spacial score (nSPS) is 10.9. The molecule has 17 heavy (non-hydrogen) atoms. The number of hydrogen-bond donors (Lipinski definition) is 3. The summed E-state index contributed by atoms with van der Waals surface area (Å²) in [5, 5.41) is 16.3. The van der Waals surface area contributed by atoms with E-state index < -0.39 is 17.5 Å². The molecular weight excluding hydrogens is 242 g/mol. The average Bonchev–Trinajstić information content (AvgIpc) is 2.78. The van der Waals surface area contributed by atoms with Gasteiger partial charge in [0.25, 0.3) is 0 Å². The van der Waals surface area contributed by atoms with Crippen LogP contribution in [-0.2, 0) is 4.79 Å². The highest BCUT2D eigenvalue weighted by molar-refractivity contribution is 7.13. The number of amides is 2. The standard InChI is InChI=1S/C10H15N3O3S/c1-3-10(4-2,7(14)15)13-8(16)12-9-11-5-6-17-9/h5-6H,3-4H2,1-2H3,(H,14,15)(H2,11,12,13,16). The Hall–Kier alpha value is -1.63. The summed E-state index contributed by atoms with van der Waals surface area (Å²) in [7, 11) is 0. The first-order valence-electron chi connectivity index (χ1n) is 5.26. The summed E-state index contributed by atoms with van der Waals surface area (Å²) in [6, 6.07) is -0.550. The lowest BCUT2D eigenvalue weighted by molar-refractivity contribution is -0.144. The van der Waals surface area contributed by atoms with Crippen molar-refractivity contribution in [1.29, 1.82) is 0 Å². The summed E-state index contributed by atoms with van der Waals surface area (Å²) in [4.78, 5) is 26.7. The quantitative estimate of drug-likeness (QED) is 0.751. The second-order valence-corrected chi connectivity index (χ2v) is 4.41.